The molecular formula is C42H74O4. The smallest absolute Gasteiger partial charge is 0.306 e. The topological polar surface area (TPSA) is 63.6 Å². The molecule has 0 bridgehead atoms. The Hall–Kier alpha value is -2.10. The van der Waals surface area contributed by atoms with Gasteiger partial charge in [-0.2, -0.15) is 0 Å². The van der Waals surface area contributed by atoms with Gasteiger partial charge in [0.05, 0.1) is 0 Å². The third kappa shape index (κ3) is 36.4. The van der Waals surface area contributed by atoms with Gasteiger partial charge in [-0.3, -0.25) is 9.59 Å². The van der Waals surface area contributed by atoms with Crippen LogP contribution in [-0.2, 0) is 14.3 Å². The SMILES string of the molecule is CCCCC/C=C\C/C=C\C/C=C\C/C=C\CCCCCC(=O)OC(CCCC)CCCCCCCCCCCCCCC(=O)O. The molecule has 0 heterocycles. The molecule has 46 heavy (non-hydrogen) atoms. The maximum atomic E-state index is 12.5. The number of carboxylic acids is 1. The number of aliphatic carboxylic acids is 1. The number of carbonyl (C=O) groups excluding carboxylic acids is 1. The van der Waals surface area contributed by atoms with Gasteiger partial charge in [0.2, 0.25) is 0 Å². The fraction of sp³-hybridized carbons (Fsp3) is 0.762. The van der Waals surface area contributed by atoms with E-state index in [0.717, 1.165) is 89.9 Å². The van der Waals surface area contributed by atoms with Crippen molar-refractivity contribution >= 4 is 11.9 Å². The van der Waals surface area contributed by atoms with Crippen molar-refractivity contribution in [3.05, 3.63) is 48.6 Å². The number of carboxylic acid groups (broad SMARTS) is 1. The zero-order chi connectivity index (χ0) is 33.6. The highest BCUT2D eigenvalue weighted by Gasteiger charge is 2.13. The highest BCUT2D eigenvalue weighted by atomic mass is 16.5. The summed E-state index contributed by atoms with van der Waals surface area (Å²) in [6, 6.07) is 0. The van der Waals surface area contributed by atoms with E-state index >= 15 is 0 Å². The second-order valence-electron chi connectivity index (χ2n) is 13.1. The van der Waals surface area contributed by atoms with Crippen molar-refractivity contribution in [2.24, 2.45) is 0 Å². The number of unbranched alkanes of at least 4 members (excludes halogenated alkanes) is 18. The predicted molar refractivity (Wildman–Crippen MR) is 199 cm³/mol. The van der Waals surface area contributed by atoms with Crippen LogP contribution in [0.5, 0.6) is 0 Å². The van der Waals surface area contributed by atoms with E-state index in [9.17, 15) is 9.59 Å². The van der Waals surface area contributed by atoms with Gasteiger partial charge in [0.1, 0.15) is 6.10 Å². The molecule has 0 rings (SSSR count). The molecule has 0 aliphatic carbocycles. The highest BCUT2D eigenvalue weighted by molar-refractivity contribution is 5.69. The number of esters is 1. The van der Waals surface area contributed by atoms with E-state index in [-0.39, 0.29) is 12.1 Å². The number of carbonyl (C=O) groups is 2. The number of rotatable bonds is 35. The van der Waals surface area contributed by atoms with Crippen LogP contribution in [0.1, 0.15) is 200 Å². The number of hydrogen-bond donors (Lipinski definition) is 1. The summed E-state index contributed by atoms with van der Waals surface area (Å²) in [6.07, 6.45) is 50.3. The summed E-state index contributed by atoms with van der Waals surface area (Å²) in [5, 5.41) is 8.67. The zero-order valence-corrected chi connectivity index (χ0v) is 30.4. The molecule has 0 saturated heterocycles. The van der Waals surface area contributed by atoms with Crippen LogP contribution < -0.4 is 0 Å². The molecule has 0 fully saturated rings. The molecule has 1 unspecified atom stereocenters. The van der Waals surface area contributed by atoms with Gasteiger partial charge in [0, 0.05) is 12.8 Å². The van der Waals surface area contributed by atoms with Crippen LogP contribution in [0.4, 0.5) is 0 Å². The summed E-state index contributed by atoms with van der Waals surface area (Å²) < 4.78 is 5.91. The van der Waals surface area contributed by atoms with Crippen LogP contribution in [0.25, 0.3) is 0 Å². The number of ether oxygens (including phenoxy) is 1. The van der Waals surface area contributed by atoms with Gasteiger partial charge in [-0.25, -0.2) is 0 Å². The Labute approximate surface area is 285 Å². The average molecular weight is 643 g/mol. The summed E-state index contributed by atoms with van der Waals surface area (Å²) in [6.45, 7) is 4.45. The monoisotopic (exact) mass is 643 g/mol. The quantitative estimate of drug-likeness (QED) is 0.0424. The van der Waals surface area contributed by atoms with Crippen molar-refractivity contribution < 1.29 is 19.4 Å². The van der Waals surface area contributed by atoms with Gasteiger partial charge >= 0.3 is 11.9 Å². The molecule has 4 heteroatoms. The first-order chi connectivity index (χ1) is 22.6. The molecular weight excluding hydrogens is 568 g/mol. The molecule has 0 aromatic carbocycles. The fourth-order valence-corrected chi connectivity index (χ4v) is 5.62. The molecule has 0 aromatic heterocycles. The van der Waals surface area contributed by atoms with E-state index < -0.39 is 5.97 Å². The Kier molecular flexibility index (Phi) is 35.7. The zero-order valence-electron chi connectivity index (χ0n) is 30.4. The molecule has 0 radical (unpaired) electrons. The molecule has 0 saturated carbocycles. The van der Waals surface area contributed by atoms with Crippen LogP contribution in [0.15, 0.2) is 48.6 Å². The maximum absolute atomic E-state index is 12.5. The van der Waals surface area contributed by atoms with E-state index in [1.54, 1.807) is 0 Å². The summed E-state index contributed by atoms with van der Waals surface area (Å²) >= 11 is 0. The minimum absolute atomic E-state index is 0.000661. The lowest BCUT2D eigenvalue weighted by Crippen LogP contribution is -2.18. The molecule has 1 atom stereocenters. The summed E-state index contributed by atoms with van der Waals surface area (Å²) in [7, 11) is 0. The van der Waals surface area contributed by atoms with Crippen LogP contribution in [0, 0.1) is 0 Å². The molecule has 0 amide bonds. The Morgan fingerprint density at radius 2 is 0.870 bits per heavy atom. The first kappa shape index (κ1) is 43.9. The first-order valence-electron chi connectivity index (χ1n) is 19.6. The van der Waals surface area contributed by atoms with Gasteiger partial charge in [0.25, 0.3) is 0 Å². The molecule has 0 aromatic rings. The molecule has 0 spiro atoms. The van der Waals surface area contributed by atoms with Crippen molar-refractivity contribution in [3.63, 3.8) is 0 Å². The van der Waals surface area contributed by atoms with Gasteiger partial charge in [0.15, 0.2) is 0 Å². The highest BCUT2D eigenvalue weighted by Crippen LogP contribution is 2.18. The Balaban J connectivity index is 3.74. The third-order valence-corrected chi connectivity index (χ3v) is 8.55. The lowest BCUT2D eigenvalue weighted by atomic mass is 10.0. The number of allylic oxidation sites excluding steroid dienone is 8. The van der Waals surface area contributed by atoms with Crippen molar-refractivity contribution in [2.45, 2.75) is 206 Å². The lowest BCUT2D eigenvalue weighted by Gasteiger charge is -2.18. The number of hydrogen-bond acceptors (Lipinski definition) is 3. The summed E-state index contributed by atoms with van der Waals surface area (Å²) in [4.78, 5) is 23.0. The van der Waals surface area contributed by atoms with Gasteiger partial charge in [-0.05, 0) is 77.0 Å². The molecule has 0 aliphatic rings. The van der Waals surface area contributed by atoms with E-state index in [1.807, 2.05) is 0 Å². The average Bonchev–Trinajstić information content (AvgIpc) is 3.04. The largest absolute Gasteiger partial charge is 0.481 e. The Morgan fingerprint density at radius 1 is 0.478 bits per heavy atom. The first-order valence-corrected chi connectivity index (χ1v) is 19.6. The second-order valence-corrected chi connectivity index (χ2v) is 13.1. The summed E-state index contributed by atoms with van der Waals surface area (Å²) in [5.41, 5.74) is 0. The third-order valence-electron chi connectivity index (χ3n) is 8.55. The van der Waals surface area contributed by atoms with E-state index in [2.05, 4.69) is 62.5 Å². The predicted octanol–water partition coefficient (Wildman–Crippen LogP) is 13.6. The van der Waals surface area contributed by atoms with Gasteiger partial charge in [-0.15, -0.1) is 0 Å². The maximum Gasteiger partial charge on any atom is 0.306 e. The molecule has 1 N–H and O–H groups in total. The fourth-order valence-electron chi connectivity index (χ4n) is 5.62. The minimum Gasteiger partial charge on any atom is -0.481 e. The van der Waals surface area contributed by atoms with Crippen LogP contribution in [-0.4, -0.2) is 23.1 Å². The van der Waals surface area contributed by atoms with E-state index in [1.165, 1.54) is 83.5 Å². The van der Waals surface area contributed by atoms with Gasteiger partial charge < -0.3 is 9.84 Å². The van der Waals surface area contributed by atoms with Crippen molar-refractivity contribution in [1.29, 1.82) is 0 Å². The molecule has 0 aliphatic heterocycles. The summed E-state index contributed by atoms with van der Waals surface area (Å²) in [5.74, 6) is -0.672. The Morgan fingerprint density at radius 3 is 1.37 bits per heavy atom. The van der Waals surface area contributed by atoms with E-state index in [0.29, 0.717) is 12.8 Å². The molecule has 266 valence electrons. The van der Waals surface area contributed by atoms with E-state index in [4.69, 9.17) is 9.84 Å². The van der Waals surface area contributed by atoms with Crippen LogP contribution >= 0.6 is 0 Å². The second kappa shape index (κ2) is 37.4. The standard InChI is InChI=1S/C42H74O4/c1-3-5-7-8-9-10-11-12-13-14-15-16-17-18-23-26-29-32-35-39-42(45)46-40(36-6-4-2)37-33-30-27-24-21-19-20-22-25-28-31-34-38-41(43)44/h9-10,12-13,15-16,18,23,40H,3-8,11,14,17,19-22,24-39H2,1-2H3,(H,43,44)/b10-9-,13-12-,16-15-,23-18-. The Bertz CT molecular complexity index is 779. The van der Waals surface area contributed by atoms with Crippen molar-refractivity contribution in [3.8, 4) is 0 Å². The van der Waals surface area contributed by atoms with Crippen molar-refractivity contribution in [1.82, 2.24) is 0 Å². The van der Waals surface area contributed by atoms with Gasteiger partial charge in [-0.1, -0.05) is 159 Å². The van der Waals surface area contributed by atoms with Crippen LogP contribution in [0.2, 0.25) is 0 Å². The van der Waals surface area contributed by atoms with Crippen LogP contribution in [0.3, 0.4) is 0 Å². The normalized spacial score (nSPS) is 12.7. The molecule has 4 nitrogen and oxygen atoms in total. The lowest BCUT2D eigenvalue weighted by molar-refractivity contribution is -0.150. The van der Waals surface area contributed by atoms with Crippen molar-refractivity contribution in [2.75, 3.05) is 0 Å². The minimum atomic E-state index is -0.673.